The molecule has 2 aromatic rings. The van der Waals surface area contributed by atoms with Gasteiger partial charge in [-0.2, -0.15) is 15.0 Å². The third-order valence-corrected chi connectivity index (χ3v) is 3.98. The van der Waals surface area contributed by atoms with Gasteiger partial charge in [0.25, 0.3) is 0 Å². The molecule has 0 saturated carbocycles. The number of hydrogen-bond acceptors (Lipinski definition) is 11. The number of nitrogens with two attached hydrogens (primary N) is 2. The summed E-state index contributed by atoms with van der Waals surface area (Å²) in [5.41, 5.74) is 12.2. The Bertz CT molecular complexity index is 755. The summed E-state index contributed by atoms with van der Waals surface area (Å²) in [6.45, 7) is 0.140. The van der Waals surface area contributed by atoms with E-state index in [-0.39, 0.29) is 25.0 Å². The number of aliphatic hydroxyl groups is 2. The van der Waals surface area contributed by atoms with E-state index in [1.165, 1.54) is 6.33 Å². The van der Waals surface area contributed by atoms with Gasteiger partial charge in [-0.15, -0.1) is 0 Å². The molecular weight excluding hydrogens is 346 g/mol. The molecule has 0 spiro atoms. The number of imidazole rings is 1. The molecule has 0 aromatic carbocycles. The molecular formula is C14H23N7O5. The number of nitrogen functional groups attached to an aromatic ring is 2. The zero-order chi connectivity index (χ0) is 18.8. The highest BCUT2D eigenvalue weighted by Crippen LogP contribution is 2.34. The van der Waals surface area contributed by atoms with Crippen molar-refractivity contribution in [1.82, 2.24) is 24.6 Å². The van der Waals surface area contributed by atoms with Gasteiger partial charge in [0, 0.05) is 14.1 Å². The highest BCUT2D eigenvalue weighted by atomic mass is 16.7. The van der Waals surface area contributed by atoms with Crippen molar-refractivity contribution >= 4 is 22.9 Å². The van der Waals surface area contributed by atoms with Crippen molar-refractivity contribution < 1.29 is 24.5 Å². The molecule has 2 aromatic heterocycles. The monoisotopic (exact) mass is 369 g/mol. The van der Waals surface area contributed by atoms with Crippen molar-refractivity contribution in [2.45, 2.75) is 24.5 Å². The van der Waals surface area contributed by atoms with E-state index in [4.69, 9.17) is 25.8 Å². The fourth-order valence-electron chi connectivity index (χ4n) is 2.82. The van der Waals surface area contributed by atoms with E-state index in [2.05, 4.69) is 15.0 Å². The second-order valence-electron chi connectivity index (χ2n) is 6.01. The van der Waals surface area contributed by atoms with Gasteiger partial charge in [0.15, 0.2) is 17.7 Å². The maximum Gasteiger partial charge on any atom is 0.224 e. The third-order valence-electron chi connectivity index (χ3n) is 3.98. The molecule has 1 aliphatic rings. The van der Waals surface area contributed by atoms with Crippen molar-refractivity contribution in [3.8, 4) is 0 Å². The molecule has 0 bridgehead atoms. The van der Waals surface area contributed by atoms with Crippen LogP contribution in [0.1, 0.15) is 6.23 Å². The molecule has 3 rings (SSSR count). The topological polar surface area (TPSA) is 167 Å². The number of aliphatic hydroxyl groups excluding tert-OH is 2. The van der Waals surface area contributed by atoms with Crippen molar-refractivity contribution in [3.05, 3.63) is 6.33 Å². The Morgan fingerprint density at radius 1 is 1.31 bits per heavy atom. The summed E-state index contributed by atoms with van der Waals surface area (Å²) >= 11 is 0. The standard InChI is InChI=1S/C14H23N7O5/c1-20(2)25-4-3-24-10-9(23)7(5-22)26-13(10)21-6-17-8-11(15)18-14(16)19-12(8)21/h6-7,9-10,13,22-23H,3-5H2,1-2H3,(H4,15,16,18,19)/t7-,9-,10-,13-/m1/s1. The van der Waals surface area contributed by atoms with Gasteiger partial charge in [-0.25, -0.2) is 4.98 Å². The SMILES string of the molecule is CN(C)OCCO[C@@H]1[C@H](O)[C@@H](CO)O[C@H]1n1cnc2c(N)nc(N)nc21. The first-order valence-electron chi connectivity index (χ1n) is 8.04. The highest BCUT2D eigenvalue weighted by molar-refractivity contribution is 5.82. The molecule has 12 nitrogen and oxygen atoms in total. The van der Waals surface area contributed by atoms with Crippen LogP contribution in [0.3, 0.4) is 0 Å². The zero-order valence-corrected chi connectivity index (χ0v) is 14.5. The lowest BCUT2D eigenvalue weighted by Crippen LogP contribution is -2.36. The van der Waals surface area contributed by atoms with Crippen LogP contribution in [0.25, 0.3) is 11.2 Å². The predicted molar refractivity (Wildman–Crippen MR) is 90.5 cm³/mol. The van der Waals surface area contributed by atoms with Crippen LogP contribution in [0.5, 0.6) is 0 Å². The van der Waals surface area contributed by atoms with Crippen molar-refractivity contribution in [1.29, 1.82) is 0 Å². The first-order valence-corrected chi connectivity index (χ1v) is 8.04. The molecule has 1 aliphatic heterocycles. The summed E-state index contributed by atoms with van der Waals surface area (Å²) in [5.74, 6) is 0.131. The average molecular weight is 369 g/mol. The number of rotatable bonds is 7. The lowest BCUT2D eigenvalue weighted by atomic mass is 10.1. The number of hydrogen-bond donors (Lipinski definition) is 4. The third kappa shape index (κ3) is 3.56. The smallest absolute Gasteiger partial charge is 0.224 e. The Labute approximate surface area is 149 Å². The average Bonchev–Trinajstić information content (AvgIpc) is 3.12. The highest BCUT2D eigenvalue weighted by Gasteiger charge is 2.45. The van der Waals surface area contributed by atoms with Crippen LogP contribution in [-0.4, -0.2) is 87.0 Å². The molecule has 144 valence electrons. The maximum atomic E-state index is 10.4. The second kappa shape index (κ2) is 7.65. The van der Waals surface area contributed by atoms with Crippen LogP contribution in [-0.2, 0) is 14.3 Å². The Morgan fingerprint density at radius 3 is 2.77 bits per heavy atom. The fourth-order valence-corrected chi connectivity index (χ4v) is 2.82. The van der Waals surface area contributed by atoms with Gasteiger partial charge in [0.2, 0.25) is 5.95 Å². The van der Waals surface area contributed by atoms with E-state index in [1.54, 1.807) is 23.7 Å². The molecule has 0 unspecified atom stereocenters. The van der Waals surface area contributed by atoms with Crippen molar-refractivity contribution in [2.24, 2.45) is 0 Å². The van der Waals surface area contributed by atoms with E-state index in [9.17, 15) is 10.2 Å². The first kappa shape index (κ1) is 18.7. The van der Waals surface area contributed by atoms with Crippen molar-refractivity contribution in [2.75, 3.05) is 45.4 Å². The minimum absolute atomic E-state index is 0.00847. The number of aromatic nitrogens is 4. The van der Waals surface area contributed by atoms with E-state index >= 15 is 0 Å². The van der Waals surface area contributed by atoms with Crippen LogP contribution in [0.2, 0.25) is 0 Å². The fraction of sp³-hybridized carbons (Fsp3) is 0.643. The summed E-state index contributed by atoms with van der Waals surface area (Å²) in [7, 11) is 3.51. The quantitative estimate of drug-likeness (QED) is 0.318. The number of ether oxygens (including phenoxy) is 2. The van der Waals surface area contributed by atoms with Gasteiger partial charge in [0.1, 0.15) is 23.8 Å². The number of anilines is 2. The Hall–Kier alpha value is -2.09. The second-order valence-corrected chi connectivity index (χ2v) is 6.01. The normalized spacial score (nSPS) is 26.2. The molecule has 4 atom stereocenters. The van der Waals surface area contributed by atoms with Gasteiger partial charge >= 0.3 is 0 Å². The Balaban J connectivity index is 1.86. The minimum atomic E-state index is -1.04. The Morgan fingerprint density at radius 2 is 2.08 bits per heavy atom. The summed E-state index contributed by atoms with van der Waals surface area (Å²) in [4.78, 5) is 17.5. The molecule has 12 heteroatoms. The molecule has 0 radical (unpaired) electrons. The van der Waals surface area contributed by atoms with Crippen LogP contribution in [0.4, 0.5) is 11.8 Å². The number of nitrogens with zero attached hydrogens (tertiary/aromatic N) is 5. The molecule has 6 N–H and O–H groups in total. The van der Waals surface area contributed by atoms with Crippen LogP contribution in [0, 0.1) is 0 Å². The lowest BCUT2D eigenvalue weighted by molar-refractivity contribution is -0.150. The number of hydroxylamine groups is 2. The molecule has 3 heterocycles. The molecule has 0 amide bonds. The van der Waals surface area contributed by atoms with Crippen molar-refractivity contribution in [3.63, 3.8) is 0 Å². The van der Waals surface area contributed by atoms with Crippen LogP contribution in [0.15, 0.2) is 6.33 Å². The van der Waals surface area contributed by atoms with Crippen LogP contribution < -0.4 is 11.5 Å². The molecule has 0 aliphatic carbocycles. The summed E-state index contributed by atoms with van der Waals surface area (Å²) in [6.07, 6.45) is -1.95. The molecule has 1 fully saturated rings. The Kier molecular flexibility index (Phi) is 5.50. The molecule has 26 heavy (non-hydrogen) atoms. The lowest BCUT2D eigenvalue weighted by Gasteiger charge is -2.22. The molecule has 1 saturated heterocycles. The van der Waals surface area contributed by atoms with E-state index in [0.717, 1.165) is 0 Å². The van der Waals surface area contributed by atoms with Gasteiger partial charge in [0.05, 0.1) is 26.1 Å². The summed E-state index contributed by atoms with van der Waals surface area (Å²) in [5, 5.41) is 21.4. The van der Waals surface area contributed by atoms with E-state index in [0.29, 0.717) is 17.8 Å². The number of fused-ring (bicyclic) bond motifs is 1. The minimum Gasteiger partial charge on any atom is -0.394 e. The van der Waals surface area contributed by atoms with Gasteiger partial charge in [-0.3, -0.25) is 9.40 Å². The maximum absolute atomic E-state index is 10.4. The van der Waals surface area contributed by atoms with Crippen LogP contribution >= 0.6 is 0 Å². The largest absolute Gasteiger partial charge is 0.394 e. The van der Waals surface area contributed by atoms with E-state index in [1.807, 2.05) is 0 Å². The van der Waals surface area contributed by atoms with Gasteiger partial charge in [-0.1, -0.05) is 0 Å². The van der Waals surface area contributed by atoms with Gasteiger partial charge < -0.3 is 31.2 Å². The summed E-state index contributed by atoms with van der Waals surface area (Å²) in [6, 6.07) is 0. The zero-order valence-electron chi connectivity index (χ0n) is 14.5. The van der Waals surface area contributed by atoms with Gasteiger partial charge in [-0.05, 0) is 0 Å². The summed E-state index contributed by atoms with van der Waals surface area (Å²) < 4.78 is 13.1. The van der Waals surface area contributed by atoms with E-state index < -0.39 is 24.5 Å². The predicted octanol–water partition coefficient (Wildman–Crippen LogP) is -1.88. The first-order chi connectivity index (χ1) is 12.4.